The number of benzene rings is 3. The van der Waals surface area contributed by atoms with E-state index in [1.54, 1.807) is 24.3 Å². The summed E-state index contributed by atoms with van der Waals surface area (Å²) in [4.78, 5) is 23.9. The molecule has 0 saturated carbocycles. The summed E-state index contributed by atoms with van der Waals surface area (Å²) in [6, 6.07) is 24.2. The Bertz CT molecular complexity index is 903. The SMILES string of the molecule is O=C(COc1ccc(Br)cc1)OCC(=O)c1ccc(-c2ccccc2)cc1. The fourth-order valence-corrected chi connectivity index (χ4v) is 2.69. The highest BCUT2D eigenvalue weighted by molar-refractivity contribution is 9.10. The zero-order valence-corrected chi connectivity index (χ0v) is 16.0. The lowest BCUT2D eigenvalue weighted by Crippen LogP contribution is -2.19. The van der Waals surface area contributed by atoms with Gasteiger partial charge in [0.15, 0.2) is 19.0 Å². The Morgan fingerprint density at radius 3 is 2.04 bits per heavy atom. The number of rotatable bonds is 7. The van der Waals surface area contributed by atoms with Gasteiger partial charge in [0.25, 0.3) is 0 Å². The van der Waals surface area contributed by atoms with E-state index in [0.29, 0.717) is 11.3 Å². The molecule has 136 valence electrons. The molecule has 0 unspecified atom stereocenters. The molecule has 0 aromatic heterocycles. The van der Waals surface area contributed by atoms with Crippen LogP contribution in [0.5, 0.6) is 5.75 Å². The highest BCUT2D eigenvalue weighted by Crippen LogP contribution is 2.19. The summed E-state index contributed by atoms with van der Waals surface area (Å²) in [5, 5.41) is 0. The third-order valence-corrected chi connectivity index (χ3v) is 4.38. The second-order valence-electron chi connectivity index (χ2n) is 5.77. The molecule has 3 aromatic carbocycles. The van der Waals surface area contributed by atoms with Crippen LogP contribution >= 0.6 is 15.9 Å². The van der Waals surface area contributed by atoms with Crippen LogP contribution in [0.1, 0.15) is 10.4 Å². The third-order valence-electron chi connectivity index (χ3n) is 3.85. The number of esters is 1. The Labute approximate surface area is 165 Å². The third kappa shape index (κ3) is 5.53. The van der Waals surface area contributed by atoms with Gasteiger partial charge < -0.3 is 9.47 Å². The lowest BCUT2D eigenvalue weighted by atomic mass is 10.0. The maximum atomic E-state index is 12.2. The Balaban J connectivity index is 1.48. The molecule has 0 aliphatic carbocycles. The van der Waals surface area contributed by atoms with Crippen molar-refractivity contribution in [3.8, 4) is 16.9 Å². The summed E-state index contributed by atoms with van der Waals surface area (Å²) >= 11 is 3.32. The molecule has 0 bridgehead atoms. The molecule has 27 heavy (non-hydrogen) atoms. The number of carbonyl (C=O) groups is 2. The van der Waals surface area contributed by atoms with Crippen LogP contribution in [-0.2, 0) is 9.53 Å². The van der Waals surface area contributed by atoms with Gasteiger partial charge in [-0.25, -0.2) is 4.79 Å². The van der Waals surface area contributed by atoms with Gasteiger partial charge in [0.1, 0.15) is 5.75 Å². The summed E-state index contributed by atoms with van der Waals surface area (Å²) in [5.74, 6) is -0.295. The first-order valence-corrected chi connectivity index (χ1v) is 9.14. The topological polar surface area (TPSA) is 52.6 Å². The zero-order chi connectivity index (χ0) is 19.1. The van der Waals surface area contributed by atoms with Crippen LogP contribution in [0.25, 0.3) is 11.1 Å². The van der Waals surface area contributed by atoms with E-state index in [1.165, 1.54) is 0 Å². The first kappa shape index (κ1) is 18.9. The van der Waals surface area contributed by atoms with E-state index in [2.05, 4.69) is 15.9 Å². The number of Topliss-reactive ketones (excluding diaryl/α,β-unsaturated/α-hetero) is 1. The molecule has 0 N–H and O–H groups in total. The fraction of sp³-hybridized carbons (Fsp3) is 0.0909. The first-order chi connectivity index (χ1) is 13.1. The molecular formula is C22H17BrO4. The van der Waals surface area contributed by atoms with Gasteiger partial charge in [-0.2, -0.15) is 0 Å². The van der Waals surface area contributed by atoms with Gasteiger partial charge in [-0.3, -0.25) is 4.79 Å². The van der Waals surface area contributed by atoms with Gasteiger partial charge in [-0.1, -0.05) is 70.5 Å². The average Bonchev–Trinajstić information content (AvgIpc) is 2.72. The molecule has 0 atom stereocenters. The molecule has 0 radical (unpaired) electrons. The van der Waals surface area contributed by atoms with Crippen LogP contribution in [0.15, 0.2) is 83.3 Å². The van der Waals surface area contributed by atoms with E-state index in [-0.39, 0.29) is 19.0 Å². The summed E-state index contributed by atoms with van der Waals surface area (Å²) in [5.41, 5.74) is 2.59. The van der Waals surface area contributed by atoms with Gasteiger partial charge in [0, 0.05) is 10.0 Å². The Morgan fingerprint density at radius 2 is 1.37 bits per heavy atom. The van der Waals surface area contributed by atoms with Gasteiger partial charge in [-0.05, 0) is 35.4 Å². The maximum Gasteiger partial charge on any atom is 0.344 e. The van der Waals surface area contributed by atoms with Crippen molar-refractivity contribution in [1.29, 1.82) is 0 Å². The Hall–Kier alpha value is -2.92. The van der Waals surface area contributed by atoms with E-state index in [9.17, 15) is 9.59 Å². The van der Waals surface area contributed by atoms with Crippen molar-refractivity contribution in [2.45, 2.75) is 0 Å². The molecule has 0 spiro atoms. The molecule has 3 rings (SSSR count). The van der Waals surface area contributed by atoms with E-state index in [4.69, 9.17) is 9.47 Å². The molecule has 0 heterocycles. The van der Waals surface area contributed by atoms with Crippen LogP contribution in [0.4, 0.5) is 0 Å². The molecule has 0 saturated heterocycles. The Morgan fingerprint density at radius 1 is 0.741 bits per heavy atom. The molecule has 0 aliphatic heterocycles. The number of ether oxygens (including phenoxy) is 2. The smallest absolute Gasteiger partial charge is 0.344 e. The second kappa shape index (κ2) is 9.14. The maximum absolute atomic E-state index is 12.2. The number of carbonyl (C=O) groups excluding carboxylic acids is 2. The summed E-state index contributed by atoms with van der Waals surface area (Å²) in [7, 11) is 0. The average molecular weight is 425 g/mol. The van der Waals surface area contributed by atoms with Crippen LogP contribution in [-0.4, -0.2) is 25.0 Å². The predicted molar refractivity (Wildman–Crippen MR) is 107 cm³/mol. The second-order valence-corrected chi connectivity index (χ2v) is 6.69. The minimum Gasteiger partial charge on any atom is -0.482 e. The summed E-state index contributed by atoms with van der Waals surface area (Å²) < 4.78 is 11.2. The standard InChI is InChI=1S/C22H17BrO4/c23-19-10-12-20(13-11-19)26-15-22(25)27-14-21(24)18-8-6-17(7-9-18)16-4-2-1-3-5-16/h1-13H,14-15H2. The van der Waals surface area contributed by atoms with Gasteiger partial charge in [-0.15, -0.1) is 0 Å². The lowest BCUT2D eigenvalue weighted by molar-refractivity contribution is -0.144. The molecule has 0 fully saturated rings. The molecule has 0 aliphatic rings. The van der Waals surface area contributed by atoms with Crippen molar-refractivity contribution in [3.05, 3.63) is 88.9 Å². The van der Waals surface area contributed by atoms with E-state index in [1.807, 2.05) is 54.6 Å². The van der Waals surface area contributed by atoms with Gasteiger partial charge >= 0.3 is 5.97 Å². The normalized spacial score (nSPS) is 10.3. The molecule has 3 aromatic rings. The summed E-state index contributed by atoms with van der Waals surface area (Å²) in [6.07, 6.45) is 0. The van der Waals surface area contributed by atoms with Crippen molar-refractivity contribution in [2.24, 2.45) is 0 Å². The van der Waals surface area contributed by atoms with E-state index >= 15 is 0 Å². The zero-order valence-electron chi connectivity index (χ0n) is 14.4. The lowest BCUT2D eigenvalue weighted by Gasteiger charge is -2.07. The number of hydrogen-bond donors (Lipinski definition) is 0. The van der Waals surface area contributed by atoms with Crippen molar-refractivity contribution in [1.82, 2.24) is 0 Å². The van der Waals surface area contributed by atoms with Crippen LogP contribution in [0, 0.1) is 0 Å². The number of halogens is 1. The van der Waals surface area contributed by atoms with Gasteiger partial charge in [0.2, 0.25) is 0 Å². The largest absolute Gasteiger partial charge is 0.482 e. The number of ketones is 1. The van der Waals surface area contributed by atoms with Crippen molar-refractivity contribution >= 4 is 27.7 Å². The summed E-state index contributed by atoms with van der Waals surface area (Å²) in [6.45, 7) is -0.560. The van der Waals surface area contributed by atoms with Crippen molar-refractivity contribution in [3.63, 3.8) is 0 Å². The minimum absolute atomic E-state index is 0.248. The Kier molecular flexibility index (Phi) is 6.39. The van der Waals surface area contributed by atoms with Crippen molar-refractivity contribution in [2.75, 3.05) is 13.2 Å². The fourth-order valence-electron chi connectivity index (χ4n) is 2.42. The van der Waals surface area contributed by atoms with Crippen LogP contribution in [0.3, 0.4) is 0 Å². The molecule has 4 nitrogen and oxygen atoms in total. The van der Waals surface area contributed by atoms with E-state index in [0.717, 1.165) is 15.6 Å². The van der Waals surface area contributed by atoms with E-state index < -0.39 is 5.97 Å². The van der Waals surface area contributed by atoms with Crippen molar-refractivity contribution < 1.29 is 19.1 Å². The predicted octanol–water partition coefficient (Wildman–Crippen LogP) is 4.92. The molecule has 0 amide bonds. The molecular weight excluding hydrogens is 408 g/mol. The monoisotopic (exact) mass is 424 g/mol. The first-order valence-electron chi connectivity index (χ1n) is 8.34. The minimum atomic E-state index is -0.591. The highest BCUT2D eigenvalue weighted by Gasteiger charge is 2.11. The molecule has 5 heteroatoms. The quantitative estimate of drug-likeness (QED) is 0.398. The van der Waals surface area contributed by atoms with Crippen LogP contribution < -0.4 is 4.74 Å². The van der Waals surface area contributed by atoms with Crippen LogP contribution in [0.2, 0.25) is 0 Å². The highest BCUT2D eigenvalue weighted by atomic mass is 79.9. The van der Waals surface area contributed by atoms with Gasteiger partial charge in [0.05, 0.1) is 0 Å². The number of hydrogen-bond acceptors (Lipinski definition) is 4.